The minimum atomic E-state index is -0.431. The van der Waals surface area contributed by atoms with Gasteiger partial charge in [-0.15, -0.1) is 0 Å². The van der Waals surface area contributed by atoms with Crippen LogP contribution in [0.3, 0.4) is 0 Å². The number of hydrogen-bond donors (Lipinski definition) is 1. The molecule has 6 heteroatoms. The Kier molecular flexibility index (Phi) is 4.60. The standard InChI is InChI=1S/C12H18N2O4/c1-16-12(15)13-9-10(11-3-2-6-18-11)14-4-7-17-8-5-14/h2-3,6,10H,4-5,7-9H2,1H3,(H,13,15). The van der Waals surface area contributed by atoms with Gasteiger partial charge >= 0.3 is 6.09 Å². The minimum Gasteiger partial charge on any atom is -0.468 e. The summed E-state index contributed by atoms with van der Waals surface area (Å²) >= 11 is 0. The SMILES string of the molecule is COC(=O)NCC(c1ccco1)N1CCOCC1. The van der Waals surface area contributed by atoms with Crippen molar-refractivity contribution >= 4 is 6.09 Å². The third-order valence-electron chi connectivity index (χ3n) is 2.98. The quantitative estimate of drug-likeness (QED) is 0.868. The third-order valence-corrected chi connectivity index (χ3v) is 2.98. The molecule has 0 aromatic carbocycles. The zero-order valence-corrected chi connectivity index (χ0v) is 10.4. The number of amides is 1. The first-order valence-corrected chi connectivity index (χ1v) is 5.98. The first kappa shape index (κ1) is 12.9. The minimum absolute atomic E-state index is 0.0167. The Morgan fingerprint density at radius 1 is 1.56 bits per heavy atom. The van der Waals surface area contributed by atoms with Crippen LogP contribution in [0.1, 0.15) is 11.8 Å². The van der Waals surface area contributed by atoms with E-state index in [0.29, 0.717) is 19.8 Å². The van der Waals surface area contributed by atoms with Gasteiger partial charge in [-0.2, -0.15) is 0 Å². The van der Waals surface area contributed by atoms with Crippen LogP contribution in [0, 0.1) is 0 Å². The van der Waals surface area contributed by atoms with Gasteiger partial charge in [0.05, 0.1) is 32.6 Å². The van der Waals surface area contributed by atoms with E-state index in [1.807, 2.05) is 12.1 Å². The lowest BCUT2D eigenvalue weighted by atomic mass is 10.1. The van der Waals surface area contributed by atoms with Crippen molar-refractivity contribution in [3.63, 3.8) is 0 Å². The molecule has 1 aromatic heterocycles. The molecule has 0 saturated carbocycles. The lowest BCUT2D eigenvalue weighted by molar-refractivity contribution is 0.0118. The average molecular weight is 254 g/mol. The van der Waals surface area contributed by atoms with Crippen molar-refractivity contribution in [2.45, 2.75) is 6.04 Å². The molecule has 1 fully saturated rings. The van der Waals surface area contributed by atoms with Crippen LogP contribution in [-0.4, -0.2) is 51.0 Å². The molecule has 2 rings (SSSR count). The molecule has 1 aromatic rings. The molecule has 0 bridgehead atoms. The van der Waals surface area contributed by atoms with Crippen LogP contribution in [0.2, 0.25) is 0 Å². The molecule has 6 nitrogen and oxygen atoms in total. The molecule has 0 aliphatic carbocycles. The van der Waals surface area contributed by atoms with Gasteiger partial charge in [-0.05, 0) is 12.1 Å². The molecule has 1 aliphatic rings. The molecule has 1 aliphatic heterocycles. The summed E-state index contributed by atoms with van der Waals surface area (Å²) in [4.78, 5) is 13.4. The first-order chi connectivity index (χ1) is 8.81. The van der Waals surface area contributed by atoms with Gasteiger partial charge in [0.2, 0.25) is 0 Å². The van der Waals surface area contributed by atoms with E-state index in [1.165, 1.54) is 7.11 Å². The Bertz CT molecular complexity index is 360. The lowest BCUT2D eigenvalue weighted by Crippen LogP contribution is -2.43. The largest absolute Gasteiger partial charge is 0.468 e. The number of alkyl carbamates (subject to hydrolysis) is 1. The van der Waals surface area contributed by atoms with Crippen molar-refractivity contribution in [2.24, 2.45) is 0 Å². The van der Waals surface area contributed by atoms with Gasteiger partial charge in [-0.1, -0.05) is 0 Å². The summed E-state index contributed by atoms with van der Waals surface area (Å²) < 4.78 is 15.4. The fraction of sp³-hybridized carbons (Fsp3) is 0.583. The van der Waals surface area contributed by atoms with Crippen molar-refractivity contribution < 1.29 is 18.7 Å². The second-order valence-electron chi connectivity index (χ2n) is 4.05. The predicted molar refractivity (Wildman–Crippen MR) is 64.2 cm³/mol. The maximum absolute atomic E-state index is 11.2. The zero-order chi connectivity index (χ0) is 12.8. The van der Waals surface area contributed by atoms with Gasteiger partial charge in [-0.25, -0.2) is 4.79 Å². The molecule has 100 valence electrons. The van der Waals surface area contributed by atoms with E-state index in [4.69, 9.17) is 9.15 Å². The summed E-state index contributed by atoms with van der Waals surface area (Å²) in [7, 11) is 1.35. The van der Waals surface area contributed by atoms with Crippen LogP contribution in [0.15, 0.2) is 22.8 Å². The van der Waals surface area contributed by atoms with Crippen molar-refractivity contribution in [1.82, 2.24) is 10.2 Å². The van der Waals surface area contributed by atoms with E-state index >= 15 is 0 Å². The van der Waals surface area contributed by atoms with Crippen LogP contribution in [0.25, 0.3) is 0 Å². The summed E-state index contributed by atoms with van der Waals surface area (Å²) in [6.07, 6.45) is 1.21. The number of methoxy groups -OCH3 is 1. The lowest BCUT2D eigenvalue weighted by Gasteiger charge is -2.33. The summed E-state index contributed by atoms with van der Waals surface area (Å²) in [5.41, 5.74) is 0. The molecule has 1 atom stereocenters. The van der Waals surface area contributed by atoms with Crippen molar-refractivity contribution in [3.05, 3.63) is 24.2 Å². The number of morpholine rings is 1. The molecule has 2 heterocycles. The Hall–Kier alpha value is -1.53. The van der Waals surface area contributed by atoms with E-state index in [1.54, 1.807) is 6.26 Å². The molecular weight excluding hydrogens is 236 g/mol. The van der Waals surface area contributed by atoms with Crippen LogP contribution in [0.4, 0.5) is 4.79 Å². The monoisotopic (exact) mass is 254 g/mol. The maximum atomic E-state index is 11.2. The fourth-order valence-electron chi connectivity index (χ4n) is 2.03. The van der Waals surface area contributed by atoms with Crippen LogP contribution in [0.5, 0.6) is 0 Å². The average Bonchev–Trinajstić information content (AvgIpc) is 2.94. The molecular formula is C12H18N2O4. The summed E-state index contributed by atoms with van der Waals surface area (Å²) in [6, 6.07) is 3.78. The van der Waals surface area contributed by atoms with Crippen LogP contribution < -0.4 is 5.32 Å². The highest BCUT2D eigenvalue weighted by atomic mass is 16.5. The number of carbonyl (C=O) groups excluding carboxylic acids is 1. The van der Waals surface area contributed by atoms with Gasteiger partial charge in [0.1, 0.15) is 5.76 Å². The summed E-state index contributed by atoms with van der Waals surface area (Å²) in [5.74, 6) is 0.841. The normalized spacial score (nSPS) is 18.3. The van der Waals surface area contributed by atoms with E-state index in [0.717, 1.165) is 18.8 Å². The van der Waals surface area contributed by atoms with E-state index in [-0.39, 0.29) is 6.04 Å². The van der Waals surface area contributed by atoms with E-state index in [9.17, 15) is 4.79 Å². The maximum Gasteiger partial charge on any atom is 0.406 e. The second-order valence-corrected chi connectivity index (χ2v) is 4.05. The number of rotatable bonds is 4. The Balaban J connectivity index is 2.00. The number of ether oxygens (including phenoxy) is 2. The highest BCUT2D eigenvalue weighted by molar-refractivity contribution is 5.66. The van der Waals surface area contributed by atoms with Gasteiger partial charge in [0, 0.05) is 19.6 Å². The van der Waals surface area contributed by atoms with E-state index < -0.39 is 6.09 Å². The summed E-state index contributed by atoms with van der Waals surface area (Å²) in [5, 5.41) is 2.71. The van der Waals surface area contributed by atoms with Crippen molar-refractivity contribution in [3.8, 4) is 0 Å². The second kappa shape index (κ2) is 6.42. The van der Waals surface area contributed by atoms with Crippen molar-refractivity contribution in [1.29, 1.82) is 0 Å². The molecule has 18 heavy (non-hydrogen) atoms. The number of furan rings is 1. The number of nitrogens with zero attached hydrogens (tertiary/aromatic N) is 1. The Morgan fingerprint density at radius 3 is 2.94 bits per heavy atom. The molecule has 1 N–H and O–H groups in total. The van der Waals surface area contributed by atoms with Gasteiger partial charge < -0.3 is 19.2 Å². The Labute approximate surface area is 106 Å². The van der Waals surface area contributed by atoms with Gasteiger partial charge in [0.25, 0.3) is 0 Å². The number of carbonyl (C=O) groups is 1. The third kappa shape index (κ3) is 3.24. The number of nitrogens with one attached hydrogen (secondary N) is 1. The molecule has 1 saturated heterocycles. The van der Waals surface area contributed by atoms with E-state index in [2.05, 4.69) is 15.0 Å². The smallest absolute Gasteiger partial charge is 0.406 e. The van der Waals surface area contributed by atoms with Gasteiger partial charge in [-0.3, -0.25) is 4.90 Å². The molecule has 0 radical (unpaired) electrons. The summed E-state index contributed by atoms with van der Waals surface area (Å²) in [6.45, 7) is 3.52. The highest BCUT2D eigenvalue weighted by Gasteiger charge is 2.25. The molecule has 0 spiro atoms. The van der Waals surface area contributed by atoms with Gasteiger partial charge in [0.15, 0.2) is 0 Å². The number of hydrogen-bond acceptors (Lipinski definition) is 5. The Morgan fingerprint density at radius 2 is 2.33 bits per heavy atom. The first-order valence-electron chi connectivity index (χ1n) is 5.98. The molecule has 1 unspecified atom stereocenters. The highest BCUT2D eigenvalue weighted by Crippen LogP contribution is 2.21. The van der Waals surface area contributed by atoms with Crippen LogP contribution >= 0.6 is 0 Å². The zero-order valence-electron chi connectivity index (χ0n) is 10.4. The fourth-order valence-corrected chi connectivity index (χ4v) is 2.03. The predicted octanol–water partition coefficient (Wildman–Crippen LogP) is 1.01. The van der Waals surface area contributed by atoms with Crippen LogP contribution in [-0.2, 0) is 9.47 Å². The molecule has 1 amide bonds. The van der Waals surface area contributed by atoms with Crippen molar-refractivity contribution in [2.75, 3.05) is 40.0 Å². The topological polar surface area (TPSA) is 63.9 Å².